The molecule has 2 aromatic rings. The normalized spacial score (nSPS) is 11.8. The quantitative estimate of drug-likeness (QED) is 0.688. The molecule has 1 N–H and O–H groups in total. The number of pyridine rings is 2. The lowest BCUT2D eigenvalue weighted by Gasteiger charge is -2.21. The van der Waals surface area contributed by atoms with Gasteiger partial charge in [0.05, 0.1) is 0 Å². The Hall–Kier alpha value is -2.20. The predicted molar refractivity (Wildman–Crippen MR) is 112 cm³/mol. The number of nitrogens with one attached hydrogen (secondary N) is 1. The van der Waals surface area contributed by atoms with Gasteiger partial charge in [0, 0.05) is 42.8 Å². The average molecular weight is 353 g/mol. The first kappa shape index (κ1) is 20.1. The van der Waals surface area contributed by atoms with Crippen molar-refractivity contribution in [2.45, 2.75) is 40.5 Å². The summed E-state index contributed by atoms with van der Waals surface area (Å²) in [7, 11) is 1.88. The predicted octanol–water partition coefficient (Wildman–Crippen LogP) is 5.02. The number of anilines is 1. The van der Waals surface area contributed by atoms with Gasteiger partial charge in [0.15, 0.2) is 0 Å². The van der Waals surface area contributed by atoms with Crippen molar-refractivity contribution < 1.29 is 0 Å². The number of aromatic nitrogens is 2. The fourth-order valence-corrected chi connectivity index (χ4v) is 3.26. The lowest BCUT2D eigenvalue weighted by Crippen LogP contribution is -2.27. The lowest BCUT2D eigenvalue weighted by molar-refractivity contribution is 0.298. The molecule has 4 nitrogen and oxygen atoms in total. The summed E-state index contributed by atoms with van der Waals surface area (Å²) in [4.78, 5) is 11.5. The van der Waals surface area contributed by atoms with E-state index in [4.69, 9.17) is 0 Å². The first-order chi connectivity index (χ1) is 12.6. The summed E-state index contributed by atoms with van der Waals surface area (Å²) in [6, 6.07) is 6.20. The molecule has 0 aliphatic heterocycles. The van der Waals surface area contributed by atoms with E-state index in [-0.39, 0.29) is 0 Å². The Kier molecular flexibility index (Phi) is 7.79. The zero-order chi connectivity index (χ0) is 18.9. The van der Waals surface area contributed by atoms with Gasteiger partial charge in [-0.1, -0.05) is 25.5 Å². The van der Waals surface area contributed by atoms with Gasteiger partial charge in [0.25, 0.3) is 0 Å². The highest BCUT2D eigenvalue weighted by Crippen LogP contribution is 2.27. The van der Waals surface area contributed by atoms with Crippen LogP contribution in [-0.4, -0.2) is 41.5 Å². The van der Waals surface area contributed by atoms with Crippen molar-refractivity contribution >= 4 is 11.9 Å². The van der Waals surface area contributed by atoms with Crippen molar-refractivity contribution in [2.24, 2.45) is 0 Å². The molecule has 4 heteroatoms. The van der Waals surface area contributed by atoms with Gasteiger partial charge < -0.3 is 5.32 Å². The minimum atomic E-state index is 0.877. The third kappa shape index (κ3) is 5.40. The molecule has 0 saturated heterocycles. The number of rotatable bonds is 9. The molecule has 2 heterocycles. The first-order valence-corrected chi connectivity index (χ1v) is 9.58. The summed E-state index contributed by atoms with van der Waals surface area (Å²) in [6.07, 6.45) is 8.47. The van der Waals surface area contributed by atoms with E-state index in [1.54, 1.807) is 0 Å². The lowest BCUT2D eigenvalue weighted by atomic mass is 9.98. The smallest absolute Gasteiger partial charge is 0.125 e. The van der Waals surface area contributed by atoms with Gasteiger partial charge >= 0.3 is 0 Å². The average Bonchev–Trinajstić information content (AvgIpc) is 2.64. The molecule has 0 spiro atoms. The molecule has 0 aliphatic carbocycles. The Labute approximate surface area is 158 Å². The van der Waals surface area contributed by atoms with Crippen LogP contribution in [0.5, 0.6) is 0 Å². The molecule has 26 heavy (non-hydrogen) atoms. The Balaban J connectivity index is 2.32. The van der Waals surface area contributed by atoms with Crippen LogP contribution in [0.3, 0.4) is 0 Å². The molecule has 2 aromatic heterocycles. The largest absolute Gasteiger partial charge is 0.373 e. The number of hydrogen-bond acceptors (Lipinski definition) is 4. The van der Waals surface area contributed by atoms with Crippen molar-refractivity contribution in [1.82, 2.24) is 14.9 Å². The maximum Gasteiger partial charge on any atom is 0.125 e. The summed E-state index contributed by atoms with van der Waals surface area (Å²) < 4.78 is 0. The highest BCUT2D eigenvalue weighted by atomic mass is 15.1. The van der Waals surface area contributed by atoms with Crippen LogP contribution in [0.1, 0.15) is 44.9 Å². The van der Waals surface area contributed by atoms with Gasteiger partial charge in [-0.2, -0.15) is 0 Å². The molecule has 0 atom stereocenters. The molecule has 0 saturated carbocycles. The number of aryl methyl sites for hydroxylation is 1. The summed E-state index contributed by atoms with van der Waals surface area (Å²) in [5.41, 5.74) is 5.91. The van der Waals surface area contributed by atoms with E-state index >= 15 is 0 Å². The van der Waals surface area contributed by atoms with Crippen LogP contribution in [0.15, 0.2) is 36.2 Å². The molecule has 0 bridgehead atoms. The van der Waals surface area contributed by atoms with Crippen molar-refractivity contribution in [3.63, 3.8) is 0 Å². The van der Waals surface area contributed by atoms with E-state index in [2.05, 4.69) is 66.1 Å². The highest BCUT2D eigenvalue weighted by Gasteiger charge is 2.09. The standard InChI is InChI=1S/C22H32N4/c1-6-12-26(13-7-2)16-17(3)14-21-18(4)24-11-10-20(21)19-8-9-22(23-5)25-15-19/h8-11,14-15H,6-7,12-13,16H2,1-5H3,(H,23,25)/b17-14+. The Morgan fingerprint density at radius 1 is 1.12 bits per heavy atom. The van der Waals surface area contributed by atoms with Gasteiger partial charge in [0.2, 0.25) is 0 Å². The summed E-state index contributed by atoms with van der Waals surface area (Å²) in [6.45, 7) is 12.1. The van der Waals surface area contributed by atoms with E-state index in [9.17, 15) is 0 Å². The molecule has 0 fully saturated rings. The van der Waals surface area contributed by atoms with E-state index < -0.39 is 0 Å². The summed E-state index contributed by atoms with van der Waals surface area (Å²) >= 11 is 0. The molecular weight excluding hydrogens is 320 g/mol. The molecule has 0 aliphatic rings. The Morgan fingerprint density at radius 3 is 2.42 bits per heavy atom. The second kappa shape index (κ2) is 10.1. The maximum absolute atomic E-state index is 4.51. The fraction of sp³-hybridized carbons (Fsp3) is 0.455. The minimum absolute atomic E-state index is 0.877. The second-order valence-corrected chi connectivity index (χ2v) is 6.81. The molecule has 2 rings (SSSR count). The van der Waals surface area contributed by atoms with Crippen molar-refractivity contribution in [1.29, 1.82) is 0 Å². The van der Waals surface area contributed by atoms with Crippen LogP contribution in [0, 0.1) is 6.92 Å². The SMILES string of the molecule is CCCN(CCC)C/C(C)=C/c1c(-c2ccc(NC)nc2)ccnc1C. The molecule has 0 unspecified atom stereocenters. The van der Waals surface area contributed by atoms with Crippen molar-refractivity contribution in [2.75, 3.05) is 32.0 Å². The Bertz CT molecular complexity index is 713. The highest BCUT2D eigenvalue weighted by molar-refractivity contribution is 5.76. The number of nitrogens with zero attached hydrogens (tertiary/aromatic N) is 3. The van der Waals surface area contributed by atoms with Gasteiger partial charge in [-0.15, -0.1) is 0 Å². The van der Waals surface area contributed by atoms with Gasteiger partial charge in [-0.25, -0.2) is 4.98 Å². The van der Waals surface area contributed by atoms with Crippen LogP contribution < -0.4 is 5.32 Å². The van der Waals surface area contributed by atoms with Crippen molar-refractivity contribution in [3.05, 3.63) is 47.4 Å². The van der Waals surface area contributed by atoms with E-state index in [1.165, 1.54) is 29.5 Å². The van der Waals surface area contributed by atoms with E-state index in [0.717, 1.165) is 36.7 Å². The molecule has 140 valence electrons. The molecule has 0 aromatic carbocycles. The van der Waals surface area contributed by atoms with Gasteiger partial charge in [0.1, 0.15) is 5.82 Å². The zero-order valence-electron chi connectivity index (χ0n) is 16.8. The third-order valence-corrected chi connectivity index (χ3v) is 4.46. The maximum atomic E-state index is 4.51. The monoisotopic (exact) mass is 352 g/mol. The first-order valence-electron chi connectivity index (χ1n) is 9.58. The van der Waals surface area contributed by atoms with Gasteiger partial charge in [-0.3, -0.25) is 9.88 Å². The minimum Gasteiger partial charge on any atom is -0.373 e. The van der Waals surface area contributed by atoms with Gasteiger partial charge in [-0.05, 0) is 63.5 Å². The summed E-state index contributed by atoms with van der Waals surface area (Å²) in [5.74, 6) is 0.877. The molecule has 0 radical (unpaired) electrons. The van der Waals surface area contributed by atoms with E-state index in [0.29, 0.717) is 0 Å². The topological polar surface area (TPSA) is 41.0 Å². The fourth-order valence-electron chi connectivity index (χ4n) is 3.26. The van der Waals surface area contributed by atoms with Crippen LogP contribution >= 0.6 is 0 Å². The van der Waals surface area contributed by atoms with Crippen molar-refractivity contribution in [3.8, 4) is 11.1 Å². The molecular formula is C22H32N4. The number of hydrogen-bond donors (Lipinski definition) is 1. The van der Waals surface area contributed by atoms with Crippen LogP contribution in [0.25, 0.3) is 17.2 Å². The van der Waals surface area contributed by atoms with E-state index in [1.807, 2.05) is 25.5 Å². The Morgan fingerprint density at radius 2 is 1.85 bits per heavy atom. The van der Waals surface area contributed by atoms with Crippen LogP contribution in [0.2, 0.25) is 0 Å². The van der Waals surface area contributed by atoms with Crippen LogP contribution in [0.4, 0.5) is 5.82 Å². The van der Waals surface area contributed by atoms with Crippen LogP contribution in [-0.2, 0) is 0 Å². The molecule has 0 amide bonds. The second-order valence-electron chi connectivity index (χ2n) is 6.81. The zero-order valence-corrected chi connectivity index (χ0v) is 16.8. The summed E-state index contributed by atoms with van der Waals surface area (Å²) in [5, 5.41) is 3.07. The third-order valence-electron chi connectivity index (χ3n) is 4.46.